The lowest BCUT2D eigenvalue weighted by Crippen LogP contribution is -2.44. The van der Waals surface area contributed by atoms with E-state index >= 15 is 0 Å². The van der Waals surface area contributed by atoms with Crippen LogP contribution < -0.4 is 4.90 Å². The summed E-state index contributed by atoms with van der Waals surface area (Å²) in [7, 11) is 0. The number of benzene rings is 1. The summed E-state index contributed by atoms with van der Waals surface area (Å²) in [4.78, 5) is 7.43. The predicted octanol–water partition coefficient (Wildman–Crippen LogP) is 5.13. The van der Waals surface area contributed by atoms with E-state index in [1.807, 2.05) is 6.20 Å². The van der Waals surface area contributed by atoms with E-state index in [9.17, 15) is 0 Å². The third kappa shape index (κ3) is 1.83. The summed E-state index contributed by atoms with van der Waals surface area (Å²) in [5.74, 6) is 0. The van der Waals surface area contributed by atoms with Crippen molar-refractivity contribution in [3.63, 3.8) is 0 Å². The maximum absolute atomic E-state index is 4.75. The number of nitrogens with zero attached hydrogens (tertiary/aromatic N) is 2. The Balaban J connectivity index is 1.92. The lowest BCUT2D eigenvalue weighted by molar-refractivity contribution is 0.284. The van der Waals surface area contributed by atoms with Gasteiger partial charge in [-0.3, -0.25) is 4.98 Å². The summed E-state index contributed by atoms with van der Waals surface area (Å²) in [5, 5.41) is 0. The Hall–Kier alpha value is -1.83. The quantitative estimate of drug-likeness (QED) is 0.724. The van der Waals surface area contributed by atoms with Crippen LogP contribution in [0.3, 0.4) is 0 Å². The highest BCUT2D eigenvalue weighted by Gasteiger charge is 2.49. The van der Waals surface area contributed by atoms with Crippen molar-refractivity contribution in [2.45, 2.75) is 57.5 Å². The molecule has 1 saturated carbocycles. The van der Waals surface area contributed by atoms with Gasteiger partial charge in [0.25, 0.3) is 0 Å². The van der Waals surface area contributed by atoms with Crippen LogP contribution in [0.2, 0.25) is 0 Å². The molecule has 2 aromatic rings. The maximum atomic E-state index is 4.75. The minimum atomic E-state index is 0.160. The van der Waals surface area contributed by atoms with Gasteiger partial charge in [-0.1, -0.05) is 43.5 Å². The third-order valence-corrected chi connectivity index (χ3v) is 5.64. The third-order valence-electron chi connectivity index (χ3n) is 5.64. The molecule has 1 spiro atoms. The zero-order valence-electron chi connectivity index (χ0n) is 13.5. The number of hydrogen-bond acceptors (Lipinski definition) is 2. The molecule has 0 radical (unpaired) electrons. The molecule has 2 heterocycles. The van der Waals surface area contributed by atoms with Crippen molar-refractivity contribution in [2.75, 3.05) is 4.90 Å². The Morgan fingerprint density at radius 2 is 1.82 bits per heavy atom. The number of aryl methyl sites for hydroxylation is 1. The summed E-state index contributed by atoms with van der Waals surface area (Å²) < 4.78 is 0. The van der Waals surface area contributed by atoms with Crippen molar-refractivity contribution in [3.8, 4) is 0 Å². The van der Waals surface area contributed by atoms with Crippen LogP contribution in [0.15, 0.2) is 42.6 Å². The molecule has 4 rings (SSSR count). The Bertz CT molecular complexity index is 686. The van der Waals surface area contributed by atoms with Gasteiger partial charge in [-0.05, 0) is 44.4 Å². The van der Waals surface area contributed by atoms with Crippen molar-refractivity contribution in [1.29, 1.82) is 0 Å². The highest BCUT2D eigenvalue weighted by atomic mass is 15.3. The molecular weight excluding hydrogens is 268 g/mol. The fourth-order valence-electron chi connectivity index (χ4n) is 4.69. The van der Waals surface area contributed by atoms with Crippen molar-refractivity contribution in [3.05, 3.63) is 59.4 Å². The minimum Gasteiger partial charge on any atom is -0.353 e. The van der Waals surface area contributed by atoms with Gasteiger partial charge in [-0.2, -0.15) is 0 Å². The van der Waals surface area contributed by atoms with Gasteiger partial charge in [0.2, 0.25) is 0 Å². The van der Waals surface area contributed by atoms with E-state index in [-0.39, 0.29) is 5.54 Å². The number of pyridine rings is 1. The molecule has 2 heteroatoms. The smallest absolute Gasteiger partial charge is 0.0698 e. The van der Waals surface area contributed by atoms with Gasteiger partial charge in [0.15, 0.2) is 0 Å². The van der Waals surface area contributed by atoms with E-state index in [1.54, 1.807) is 0 Å². The van der Waals surface area contributed by atoms with Gasteiger partial charge in [0.05, 0.1) is 17.3 Å². The Labute approximate surface area is 133 Å². The molecule has 114 valence electrons. The molecule has 2 nitrogen and oxygen atoms in total. The summed E-state index contributed by atoms with van der Waals surface area (Å²) >= 11 is 0. The SMILES string of the molecule is Cc1ccccc1N1[C@@H](C)c2ncccc2C12CCCCC2. The molecule has 1 fully saturated rings. The van der Waals surface area contributed by atoms with Crippen LogP contribution >= 0.6 is 0 Å². The second-order valence-corrected chi connectivity index (χ2v) is 6.86. The van der Waals surface area contributed by atoms with Gasteiger partial charge in [0.1, 0.15) is 0 Å². The summed E-state index contributed by atoms with van der Waals surface area (Å²) in [6, 6.07) is 13.6. The van der Waals surface area contributed by atoms with Crippen molar-refractivity contribution >= 4 is 5.69 Å². The van der Waals surface area contributed by atoms with Crippen LogP contribution in [-0.2, 0) is 5.54 Å². The summed E-state index contributed by atoms with van der Waals surface area (Å²) in [6.07, 6.45) is 8.47. The molecule has 0 unspecified atom stereocenters. The highest BCUT2D eigenvalue weighted by molar-refractivity contribution is 5.62. The normalized spacial score (nSPS) is 22.8. The number of rotatable bonds is 1. The molecule has 2 aliphatic rings. The van der Waals surface area contributed by atoms with Crippen LogP contribution in [0.4, 0.5) is 5.69 Å². The van der Waals surface area contributed by atoms with Crippen LogP contribution in [-0.4, -0.2) is 4.98 Å². The first-order chi connectivity index (χ1) is 10.7. The van der Waals surface area contributed by atoms with Gasteiger partial charge < -0.3 is 4.90 Å². The molecule has 1 aliphatic carbocycles. The van der Waals surface area contributed by atoms with Gasteiger partial charge >= 0.3 is 0 Å². The van der Waals surface area contributed by atoms with E-state index in [4.69, 9.17) is 4.98 Å². The molecule has 0 bridgehead atoms. The number of hydrogen-bond donors (Lipinski definition) is 0. The number of para-hydroxylation sites is 1. The first-order valence-corrected chi connectivity index (χ1v) is 8.54. The molecule has 1 aliphatic heterocycles. The molecule has 1 aromatic carbocycles. The lowest BCUT2D eigenvalue weighted by atomic mass is 9.77. The average molecular weight is 292 g/mol. The van der Waals surface area contributed by atoms with E-state index in [2.05, 4.69) is 55.1 Å². The van der Waals surface area contributed by atoms with Crippen molar-refractivity contribution < 1.29 is 0 Å². The Kier molecular flexibility index (Phi) is 3.21. The molecular formula is C20H24N2. The largest absolute Gasteiger partial charge is 0.353 e. The maximum Gasteiger partial charge on any atom is 0.0698 e. The Morgan fingerprint density at radius 1 is 1.05 bits per heavy atom. The van der Waals surface area contributed by atoms with Crippen molar-refractivity contribution in [1.82, 2.24) is 4.98 Å². The molecule has 0 N–H and O–H groups in total. The predicted molar refractivity (Wildman–Crippen MR) is 91.1 cm³/mol. The second kappa shape index (κ2) is 5.12. The fraction of sp³-hybridized carbons (Fsp3) is 0.450. The van der Waals surface area contributed by atoms with Crippen LogP contribution in [0.5, 0.6) is 0 Å². The van der Waals surface area contributed by atoms with E-state index in [1.165, 1.54) is 54.6 Å². The van der Waals surface area contributed by atoms with Crippen LogP contribution in [0.1, 0.15) is 61.9 Å². The molecule has 1 aromatic heterocycles. The first kappa shape index (κ1) is 13.8. The van der Waals surface area contributed by atoms with Gasteiger partial charge in [-0.25, -0.2) is 0 Å². The van der Waals surface area contributed by atoms with E-state index in [0.717, 1.165) is 0 Å². The number of anilines is 1. The molecule has 0 saturated heterocycles. The molecule has 1 atom stereocenters. The standard InChI is InChI=1S/C20H24N2/c1-15-9-4-5-11-18(15)22-16(2)19-17(10-8-14-21-19)20(22)12-6-3-7-13-20/h4-5,8-11,14,16H,3,6-7,12-13H2,1-2H3/t16-/m0/s1. The summed E-state index contributed by atoms with van der Waals surface area (Å²) in [5.41, 5.74) is 5.67. The van der Waals surface area contributed by atoms with Crippen LogP contribution in [0.25, 0.3) is 0 Å². The molecule has 0 amide bonds. The highest BCUT2D eigenvalue weighted by Crippen LogP contribution is 2.54. The molecule has 22 heavy (non-hydrogen) atoms. The van der Waals surface area contributed by atoms with Crippen molar-refractivity contribution in [2.24, 2.45) is 0 Å². The average Bonchev–Trinajstić information content (AvgIpc) is 2.79. The van der Waals surface area contributed by atoms with Crippen LogP contribution in [0, 0.1) is 6.92 Å². The lowest BCUT2D eigenvalue weighted by Gasteiger charge is -2.45. The first-order valence-electron chi connectivity index (χ1n) is 8.54. The minimum absolute atomic E-state index is 0.160. The second-order valence-electron chi connectivity index (χ2n) is 6.86. The van der Waals surface area contributed by atoms with Gasteiger partial charge in [0, 0.05) is 17.4 Å². The Morgan fingerprint density at radius 3 is 2.59 bits per heavy atom. The number of fused-ring (bicyclic) bond motifs is 2. The fourth-order valence-corrected chi connectivity index (χ4v) is 4.69. The number of aromatic nitrogens is 1. The zero-order valence-corrected chi connectivity index (χ0v) is 13.5. The monoisotopic (exact) mass is 292 g/mol. The van der Waals surface area contributed by atoms with E-state index in [0.29, 0.717) is 6.04 Å². The topological polar surface area (TPSA) is 16.1 Å². The van der Waals surface area contributed by atoms with Gasteiger partial charge in [-0.15, -0.1) is 0 Å². The summed E-state index contributed by atoms with van der Waals surface area (Å²) in [6.45, 7) is 4.55. The zero-order chi connectivity index (χ0) is 15.2. The van der Waals surface area contributed by atoms with E-state index < -0.39 is 0 Å².